The number of carboxylic acids is 1. The van der Waals surface area contributed by atoms with Crippen LogP contribution >= 0.6 is 13.5 Å². The van der Waals surface area contributed by atoms with Crippen LogP contribution in [0.1, 0.15) is 37.8 Å². The average molecular weight is 240 g/mol. The van der Waals surface area contributed by atoms with Crippen molar-refractivity contribution in [3.8, 4) is 0 Å². The molecule has 1 N–H and O–H groups in total. The van der Waals surface area contributed by atoms with Gasteiger partial charge in [-0.05, 0) is 30.4 Å². The van der Waals surface area contributed by atoms with Crippen molar-refractivity contribution in [2.45, 2.75) is 33.1 Å². The molecule has 0 aromatic heterocycles. The number of hydrogen-bond acceptors (Lipinski definition) is 1. The normalized spacial score (nSPS) is 12.0. The van der Waals surface area contributed by atoms with E-state index in [2.05, 4.69) is 13.8 Å². The molecule has 0 aliphatic carbocycles. The summed E-state index contributed by atoms with van der Waals surface area (Å²) in [7, 11) is 0. The molecule has 0 amide bonds. The highest BCUT2D eigenvalue weighted by Crippen LogP contribution is 2.17. The van der Waals surface area contributed by atoms with Gasteiger partial charge < -0.3 is 5.11 Å². The van der Waals surface area contributed by atoms with Crippen LogP contribution in [-0.4, -0.2) is 11.1 Å². The van der Waals surface area contributed by atoms with Crippen molar-refractivity contribution in [2.24, 2.45) is 5.92 Å². The average Bonchev–Trinajstić information content (AvgIpc) is 2.17. The second-order valence-corrected chi connectivity index (χ2v) is 4.40. The minimum Gasteiger partial charge on any atom is -0.481 e. The van der Waals surface area contributed by atoms with Crippen molar-refractivity contribution in [3.05, 3.63) is 35.4 Å². The predicted molar refractivity (Wildman–Crippen MR) is 71.4 cm³/mol. The molecule has 1 atom stereocenters. The lowest BCUT2D eigenvalue weighted by atomic mass is 9.97. The van der Waals surface area contributed by atoms with Gasteiger partial charge in [0.2, 0.25) is 0 Å². The molecule has 0 fully saturated rings. The van der Waals surface area contributed by atoms with E-state index in [0.717, 1.165) is 12.0 Å². The fourth-order valence-corrected chi connectivity index (χ4v) is 1.56. The maximum atomic E-state index is 10.8. The molecule has 2 nitrogen and oxygen atoms in total. The molecule has 0 aliphatic heterocycles. The van der Waals surface area contributed by atoms with Crippen molar-refractivity contribution >= 4 is 19.5 Å². The standard InChI is InChI=1S/C13H18O2.H2S/c1-9(2)8-11-4-6-12(7-5-11)10(3)13(14)15;/h4-7,9-10H,8H2,1-3H3,(H,14,15);1H2/t10-;/m1./s1. The maximum absolute atomic E-state index is 10.8. The topological polar surface area (TPSA) is 37.3 Å². The zero-order chi connectivity index (χ0) is 11.4. The third-order valence-electron chi connectivity index (χ3n) is 2.49. The number of carbonyl (C=O) groups is 1. The SMILES string of the molecule is CC(C)Cc1ccc([C@@H](C)C(=O)O)cc1.S. The molecular weight excluding hydrogens is 220 g/mol. The first-order chi connectivity index (χ1) is 7.00. The van der Waals surface area contributed by atoms with Crippen molar-refractivity contribution in [1.82, 2.24) is 0 Å². The van der Waals surface area contributed by atoms with Crippen LogP contribution in [0.4, 0.5) is 0 Å². The molecular formula is C13H20O2S. The Labute approximate surface area is 104 Å². The molecule has 0 aliphatic rings. The van der Waals surface area contributed by atoms with Gasteiger partial charge in [-0.2, -0.15) is 13.5 Å². The second-order valence-electron chi connectivity index (χ2n) is 4.40. The minimum absolute atomic E-state index is 0. The molecule has 90 valence electrons. The summed E-state index contributed by atoms with van der Waals surface area (Å²) in [6.07, 6.45) is 1.04. The summed E-state index contributed by atoms with van der Waals surface area (Å²) in [6, 6.07) is 7.87. The summed E-state index contributed by atoms with van der Waals surface area (Å²) < 4.78 is 0. The first-order valence-corrected chi connectivity index (χ1v) is 5.32. The molecule has 0 saturated heterocycles. The molecule has 0 heterocycles. The fraction of sp³-hybridized carbons (Fsp3) is 0.462. The minimum atomic E-state index is -0.772. The molecule has 0 radical (unpaired) electrons. The Morgan fingerprint density at radius 3 is 2.06 bits per heavy atom. The van der Waals surface area contributed by atoms with Crippen molar-refractivity contribution in [3.63, 3.8) is 0 Å². The summed E-state index contributed by atoms with van der Waals surface area (Å²) >= 11 is 0. The smallest absolute Gasteiger partial charge is 0.310 e. The molecule has 0 saturated carbocycles. The lowest BCUT2D eigenvalue weighted by molar-refractivity contribution is -0.138. The molecule has 1 aromatic rings. The predicted octanol–water partition coefficient (Wildman–Crippen LogP) is 3.19. The zero-order valence-electron chi connectivity index (χ0n) is 10.0. The monoisotopic (exact) mass is 240 g/mol. The van der Waals surface area contributed by atoms with Gasteiger partial charge in [0.15, 0.2) is 0 Å². The summed E-state index contributed by atoms with van der Waals surface area (Å²) in [4.78, 5) is 10.8. The summed E-state index contributed by atoms with van der Waals surface area (Å²) in [6.45, 7) is 6.06. The van der Waals surface area contributed by atoms with E-state index in [9.17, 15) is 4.79 Å². The number of rotatable bonds is 4. The summed E-state index contributed by atoms with van der Waals surface area (Å²) in [5, 5.41) is 8.85. The Balaban J connectivity index is 0.00000225. The number of carboxylic acid groups (broad SMARTS) is 1. The first kappa shape index (κ1) is 15.0. The van der Waals surface area contributed by atoms with E-state index < -0.39 is 11.9 Å². The number of hydrogen-bond donors (Lipinski definition) is 1. The Kier molecular flexibility index (Phi) is 6.19. The molecule has 0 unspecified atom stereocenters. The lowest BCUT2D eigenvalue weighted by Gasteiger charge is -2.09. The summed E-state index contributed by atoms with van der Waals surface area (Å²) in [5.74, 6) is -0.558. The highest BCUT2D eigenvalue weighted by atomic mass is 32.1. The number of benzene rings is 1. The van der Waals surface area contributed by atoms with E-state index in [1.165, 1.54) is 5.56 Å². The molecule has 3 heteroatoms. The Morgan fingerprint density at radius 2 is 1.69 bits per heavy atom. The van der Waals surface area contributed by atoms with Gasteiger partial charge in [-0.25, -0.2) is 0 Å². The van der Waals surface area contributed by atoms with Gasteiger partial charge >= 0.3 is 5.97 Å². The summed E-state index contributed by atoms with van der Waals surface area (Å²) in [5.41, 5.74) is 2.14. The lowest BCUT2D eigenvalue weighted by Crippen LogP contribution is -2.07. The van der Waals surface area contributed by atoms with E-state index in [1.807, 2.05) is 24.3 Å². The Morgan fingerprint density at radius 1 is 1.19 bits per heavy atom. The van der Waals surface area contributed by atoms with Crippen LogP contribution in [0.15, 0.2) is 24.3 Å². The van der Waals surface area contributed by atoms with Crippen LogP contribution in [0.2, 0.25) is 0 Å². The van der Waals surface area contributed by atoms with E-state index in [1.54, 1.807) is 6.92 Å². The zero-order valence-corrected chi connectivity index (χ0v) is 11.0. The van der Waals surface area contributed by atoms with Gasteiger partial charge in [-0.1, -0.05) is 38.1 Å². The van der Waals surface area contributed by atoms with Crippen LogP contribution in [0.3, 0.4) is 0 Å². The van der Waals surface area contributed by atoms with E-state index in [0.29, 0.717) is 5.92 Å². The van der Waals surface area contributed by atoms with Crippen LogP contribution in [0, 0.1) is 5.92 Å². The fourth-order valence-electron chi connectivity index (χ4n) is 1.56. The van der Waals surface area contributed by atoms with Gasteiger partial charge in [0.25, 0.3) is 0 Å². The Bertz CT molecular complexity index is 330. The number of aliphatic carboxylic acids is 1. The molecule has 0 spiro atoms. The van der Waals surface area contributed by atoms with Crippen molar-refractivity contribution in [2.75, 3.05) is 0 Å². The van der Waals surface area contributed by atoms with Gasteiger partial charge in [-0.3, -0.25) is 4.79 Å². The second kappa shape index (κ2) is 6.59. The van der Waals surface area contributed by atoms with E-state index in [4.69, 9.17) is 5.11 Å². The van der Waals surface area contributed by atoms with Gasteiger partial charge in [-0.15, -0.1) is 0 Å². The van der Waals surface area contributed by atoms with Crippen LogP contribution in [-0.2, 0) is 11.2 Å². The van der Waals surface area contributed by atoms with Gasteiger partial charge in [0.05, 0.1) is 5.92 Å². The largest absolute Gasteiger partial charge is 0.481 e. The van der Waals surface area contributed by atoms with E-state index in [-0.39, 0.29) is 13.5 Å². The third kappa shape index (κ3) is 4.27. The highest BCUT2D eigenvalue weighted by Gasteiger charge is 2.12. The van der Waals surface area contributed by atoms with E-state index >= 15 is 0 Å². The Hall–Kier alpha value is -0.960. The first-order valence-electron chi connectivity index (χ1n) is 5.32. The van der Waals surface area contributed by atoms with Crippen molar-refractivity contribution < 1.29 is 9.90 Å². The van der Waals surface area contributed by atoms with Gasteiger partial charge in [0, 0.05) is 0 Å². The molecule has 1 rings (SSSR count). The maximum Gasteiger partial charge on any atom is 0.310 e. The quantitative estimate of drug-likeness (QED) is 0.877. The van der Waals surface area contributed by atoms with Crippen LogP contribution in [0.25, 0.3) is 0 Å². The van der Waals surface area contributed by atoms with Crippen molar-refractivity contribution in [1.29, 1.82) is 0 Å². The third-order valence-corrected chi connectivity index (χ3v) is 2.49. The molecule has 0 bridgehead atoms. The van der Waals surface area contributed by atoms with Crippen LogP contribution in [0.5, 0.6) is 0 Å². The van der Waals surface area contributed by atoms with Crippen LogP contribution < -0.4 is 0 Å². The molecule has 16 heavy (non-hydrogen) atoms. The molecule has 1 aromatic carbocycles. The highest BCUT2D eigenvalue weighted by molar-refractivity contribution is 7.59. The van der Waals surface area contributed by atoms with Gasteiger partial charge in [0.1, 0.15) is 0 Å².